The van der Waals surface area contributed by atoms with E-state index in [1.807, 2.05) is 6.92 Å². The number of aliphatic hydroxyl groups excluding tert-OH is 2. The number of aromatic hydroxyl groups is 1. The number of carbonyl (C=O) groups is 3. The summed E-state index contributed by atoms with van der Waals surface area (Å²) < 4.78 is 12.6. The number of nitrogens with two attached hydrogens (primary N) is 1. The summed E-state index contributed by atoms with van der Waals surface area (Å²) in [5.74, 6) is -6.78. The summed E-state index contributed by atoms with van der Waals surface area (Å²) in [6.45, 7) is 1.50. The SMILES string of the molecule is CCc1cc(CNCCF)c(O)c2c1CC1CC3C(N(C)C)C(=O)C(C(N)=O)=C(O)C3(O)C(=O)C1=C2O. The molecule has 37 heavy (non-hydrogen) atoms. The quantitative estimate of drug-likeness (QED) is 0.223. The van der Waals surface area contributed by atoms with Gasteiger partial charge in [-0.05, 0) is 50.4 Å². The number of hydrogen-bond acceptors (Lipinski definition) is 9. The van der Waals surface area contributed by atoms with Crippen LogP contribution in [0.2, 0.25) is 0 Å². The number of phenolic OH excluding ortho intramolecular Hbond substituents is 1. The monoisotopic (exact) mass is 517 g/mol. The third-order valence-corrected chi connectivity index (χ3v) is 7.86. The number of Topliss-reactive ketones (excluding diaryl/α,β-unsaturated/α-hetero) is 2. The molecule has 0 heterocycles. The molecule has 0 saturated heterocycles. The summed E-state index contributed by atoms with van der Waals surface area (Å²) in [7, 11) is 3.11. The highest BCUT2D eigenvalue weighted by Crippen LogP contribution is 2.53. The van der Waals surface area contributed by atoms with Gasteiger partial charge in [0.2, 0.25) is 5.78 Å². The van der Waals surface area contributed by atoms with Gasteiger partial charge in [-0.25, -0.2) is 4.39 Å². The van der Waals surface area contributed by atoms with E-state index in [4.69, 9.17) is 5.73 Å². The zero-order chi connectivity index (χ0) is 27.4. The van der Waals surface area contributed by atoms with Gasteiger partial charge >= 0.3 is 0 Å². The Bertz CT molecular complexity index is 1260. The first-order valence-corrected chi connectivity index (χ1v) is 12.2. The molecule has 0 radical (unpaired) electrons. The number of hydrogen-bond donors (Lipinski definition) is 6. The number of alkyl halides is 1. The Balaban J connectivity index is 1.93. The van der Waals surface area contributed by atoms with Crippen molar-refractivity contribution in [2.45, 2.75) is 44.4 Å². The zero-order valence-corrected chi connectivity index (χ0v) is 21.0. The van der Waals surface area contributed by atoms with Crippen molar-refractivity contribution in [1.82, 2.24) is 10.2 Å². The molecular weight excluding hydrogens is 485 g/mol. The molecule has 4 atom stereocenters. The molecule has 11 heteroatoms. The predicted octanol–water partition coefficient (Wildman–Crippen LogP) is 0.586. The molecule has 1 aromatic carbocycles. The number of amides is 1. The Hall–Kier alpha value is -3.28. The third-order valence-electron chi connectivity index (χ3n) is 7.86. The minimum absolute atomic E-state index is 0.0372. The van der Waals surface area contributed by atoms with Crippen LogP contribution in [0.4, 0.5) is 4.39 Å². The summed E-state index contributed by atoms with van der Waals surface area (Å²) in [6, 6.07) is 0.652. The van der Waals surface area contributed by atoms with Gasteiger partial charge in [0.05, 0.1) is 11.6 Å². The van der Waals surface area contributed by atoms with Crippen LogP contribution in [-0.4, -0.2) is 81.8 Å². The number of primary amides is 1. The number of aliphatic hydroxyl groups is 3. The van der Waals surface area contributed by atoms with Crippen LogP contribution in [0.5, 0.6) is 5.75 Å². The first-order chi connectivity index (χ1) is 17.4. The molecule has 1 amide bonds. The molecule has 3 aliphatic carbocycles. The number of ketones is 2. The number of phenols is 1. The fourth-order valence-electron chi connectivity index (χ4n) is 6.19. The van der Waals surface area contributed by atoms with Gasteiger partial charge in [-0.15, -0.1) is 0 Å². The minimum Gasteiger partial charge on any atom is -0.508 e. The number of nitrogens with one attached hydrogen (secondary N) is 1. The summed E-state index contributed by atoms with van der Waals surface area (Å²) in [6.07, 6.45) is 0.832. The Kier molecular flexibility index (Phi) is 6.91. The molecule has 7 N–H and O–H groups in total. The van der Waals surface area contributed by atoms with E-state index in [9.17, 15) is 39.2 Å². The number of rotatable bonds is 7. The normalized spacial score (nSPS) is 27.4. The topological polar surface area (TPSA) is 173 Å². The van der Waals surface area contributed by atoms with E-state index in [2.05, 4.69) is 5.32 Å². The molecule has 1 saturated carbocycles. The second-order valence-corrected chi connectivity index (χ2v) is 10.1. The van der Waals surface area contributed by atoms with Crippen LogP contribution in [0.3, 0.4) is 0 Å². The van der Waals surface area contributed by atoms with Crippen LogP contribution in [0.1, 0.15) is 35.6 Å². The fraction of sp³-hybridized carbons (Fsp3) is 0.500. The molecule has 4 unspecified atom stereocenters. The van der Waals surface area contributed by atoms with Gasteiger partial charge in [-0.2, -0.15) is 0 Å². The van der Waals surface area contributed by atoms with Crippen molar-refractivity contribution < 1.29 is 39.2 Å². The molecule has 3 aliphatic rings. The number of likely N-dealkylation sites (N-methyl/N-ethyl adjacent to an activating group) is 1. The van der Waals surface area contributed by atoms with Crippen LogP contribution < -0.4 is 11.1 Å². The van der Waals surface area contributed by atoms with Gasteiger partial charge in [-0.1, -0.05) is 13.0 Å². The second kappa shape index (κ2) is 9.55. The van der Waals surface area contributed by atoms with Crippen LogP contribution in [-0.2, 0) is 33.8 Å². The summed E-state index contributed by atoms with van der Waals surface area (Å²) >= 11 is 0. The number of aryl methyl sites for hydroxylation is 1. The molecule has 4 rings (SSSR count). The molecule has 1 aromatic rings. The first-order valence-electron chi connectivity index (χ1n) is 12.2. The fourth-order valence-corrected chi connectivity index (χ4v) is 6.19. The van der Waals surface area contributed by atoms with E-state index in [0.717, 1.165) is 5.56 Å². The summed E-state index contributed by atoms with van der Waals surface area (Å²) in [4.78, 5) is 40.5. The first kappa shape index (κ1) is 26.8. The Morgan fingerprint density at radius 2 is 1.92 bits per heavy atom. The maximum Gasteiger partial charge on any atom is 0.255 e. The molecule has 0 bridgehead atoms. The van der Waals surface area contributed by atoms with Crippen molar-refractivity contribution in [3.8, 4) is 5.75 Å². The van der Waals surface area contributed by atoms with Crippen molar-refractivity contribution in [2.75, 3.05) is 27.3 Å². The number of fused-ring (bicyclic) bond motifs is 3. The van der Waals surface area contributed by atoms with E-state index in [1.165, 1.54) is 4.90 Å². The standard InChI is InChI=1S/C26H32FN3O7/c1-4-11-7-13(10-29-6-5-27)20(31)17-14(11)8-12-9-15-19(30(2)3)22(33)18(25(28)36)24(35)26(15,37)23(34)16(12)21(17)32/h7,12,15,19,29,31-32,35,37H,4-6,8-10H2,1-3H3,(H2,28,36). The molecule has 200 valence electrons. The van der Waals surface area contributed by atoms with Crippen LogP contribution in [0.15, 0.2) is 23.0 Å². The van der Waals surface area contributed by atoms with Gasteiger partial charge in [0.25, 0.3) is 5.91 Å². The molecule has 0 aromatic heterocycles. The van der Waals surface area contributed by atoms with Gasteiger partial charge in [0.1, 0.15) is 29.5 Å². The Morgan fingerprint density at radius 3 is 2.49 bits per heavy atom. The third kappa shape index (κ3) is 3.84. The van der Waals surface area contributed by atoms with Crippen LogP contribution >= 0.6 is 0 Å². The van der Waals surface area contributed by atoms with E-state index in [1.54, 1.807) is 20.2 Å². The molecule has 0 spiro atoms. The van der Waals surface area contributed by atoms with Crippen molar-refractivity contribution in [3.63, 3.8) is 0 Å². The van der Waals surface area contributed by atoms with Crippen molar-refractivity contribution in [1.29, 1.82) is 0 Å². The average Bonchev–Trinajstić information content (AvgIpc) is 2.82. The van der Waals surface area contributed by atoms with Crippen molar-refractivity contribution in [2.24, 2.45) is 17.6 Å². The maximum atomic E-state index is 13.9. The Morgan fingerprint density at radius 1 is 1.24 bits per heavy atom. The lowest BCUT2D eigenvalue weighted by Gasteiger charge is -2.50. The second-order valence-electron chi connectivity index (χ2n) is 10.1. The molecular formula is C26H32FN3O7. The van der Waals surface area contributed by atoms with Gasteiger partial charge < -0.3 is 31.5 Å². The number of carbonyl (C=O) groups excluding carboxylic acids is 3. The van der Waals surface area contributed by atoms with Gasteiger partial charge in [0, 0.05) is 30.1 Å². The number of halogens is 1. The van der Waals surface area contributed by atoms with Crippen molar-refractivity contribution >= 4 is 23.2 Å². The largest absolute Gasteiger partial charge is 0.508 e. The highest BCUT2D eigenvalue weighted by atomic mass is 19.1. The summed E-state index contributed by atoms with van der Waals surface area (Å²) in [5.41, 5.74) is 3.54. The van der Waals surface area contributed by atoms with E-state index in [-0.39, 0.29) is 42.8 Å². The van der Waals surface area contributed by atoms with Crippen LogP contribution in [0, 0.1) is 11.8 Å². The lowest BCUT2D eigenvalue weighted by Crippen LogP contribution is -2.65. The molecule has 10 nitrogen and oxygen atoms in total. The maximum absolute atomic E-state index is 13.9. The zero-order valence-electron chi connectivity index (χ0n) is 21.0. The highest BCUT2D eigenvalue weighted by Gasteiger charge is 2.64. The lowest BCUT2D eigenvalue weighted by atomic mass is 9.57. The predicted molar refractivity (Wildman–Crippen MR) is 131 cm³/mol. The molecule has 1 fully saturated rings. The number of nitrogens with zero attached hydrogens (tertiary/aromatic N) is 1. The van der Waals surface area contributed by atoms with Gasteiger partial charge in [0.15, 0.2) is 11.4 Å². The summed E-state index contributed by atoms with van der Waals surface area (Å²) in [5, 5.41) is 47.8. The minimum atomic E-state index is -2.67. The van der Waals surface area contributed by atoms with Crippen LogP contribution in [0.25, 0.3) is 5.76 Å². The highest BCUT2D eigenvalue weighted by molar-refractivity contribution is 6.24. The van der Waals surface area contributed by atoms with E-state index < -0.39 is 64.7 Å². The average molecular weight is 518 g/mol. The molecule has 0 aliphatic heterocycles. The number of benzene rings is 1. The Labute approximate surface area is 213 Å². The van der Waals surface area contributed by atoms with E-state index in [0.29, 0.717) is 17.5 Å². The van der Waals surface area contributed by atoms with Crippen molar-refractivity contribution in [3.05, 3.63) is 45.2 Å². The van der Waals surface area contributed by atoms with E-state index >= 15 is 0 Å². The smallest absolute Gasteiger partial charge is 0.255 e. The lowest BCUT2D eigenvalue weighted by molar-refractivity contribution is -0.153. The van der Waals surface area contributed by atoms with Gasteiger partial charge in [-0.3, -0.25) is 19.3 Å².